The number of rotatable bonds is 0. The van der Waals surface area contributed by atoms with Crippen LogP contribution in [0.15, 0.2) is 0 Å². The molecule has 1 rings (SSSR count). The monoisotopic (exact) mass is 164 g/mol. The van der Waals surface area contributed by atoms with E-state index in [9.17, 15) is 0 Å². The van der Waals surface area contributed by atoms with Crippen LogP contribution in [0.4, 0.5) is 0 Å². The van der Waals surface area contributed by atoms with Gasteiger partial charge < -0.3 is 25.2 Å². The van der Waals surface area contributed by atoms with Gasteiger partial charge in [0.05, 0.1) is 6.10 Å². The van der Waals surface area contributed by atoms with Crippen molar-refractivity contribution in [2.75, 3.05) is 0 Å². The van der Waals surface area contributed by atoms with E-state index in [0.29, 0.717) is 0 Å². The van der Waals surface area contributed by atoms with E-state index in [0.717, 1.165) is 0 Å². The molecule has 2 unspecified atom stereocenters. The van der Waals surface area contributed by atoms with Gasteiger partial charge in [0.2, 0.25) is 0 Å². The molecule has 1 aliphatic rings. The lowest BCUT2D eigenvalue weighted by molar-refractivity contribution is -0.277. The van der Waals surface area contributed by atoms with Crippen molar-refractivity contribution in [1.29, 1.82) is 0 Å². The number of aliphatic hydroxyl groups excluding tert-OH is 4. The molecule has 0 radical (unpaired) electrons. The van der Waals surface area contributed by atoms with Crippen LogP contribution < -0.4 is 0 Å². The lowest BCUT2D eigenvalue weighted by atomic mass is 10.0. The fourth-order valence-electron chi connectivity index (χ4n) is 1.03. The molecule has 5 nitrogen and oxygen atoms in total. The Morgan fingerprint density at radius 3 is 2.00 bits per heavy atom. The summed E-state index contributed by atoms with van der Waals surface area (Å²) in [6.45, 7) is 1.50. The van der Waals surface area contributed by atoms with Crippen molar-refractivity contribution >= 4 is 0 Å². The molecule has 1 fully saturated rings. The highest BCUT2D eigenvalue weighted by molar-refractivity contribution is 4.86. The van der Waals surface area contributed by atoms with E-state index in [1.807, 2.05) is 0 Å². The predicted molar refractivity (Wildman–Crippen MR) is 34.6 cm³/mol. The summed E-state index contributed by atoms with van der Waals surface area (Å²) in [5, 5.41) is 36.0. The van der Waals surface area contributed by atoms with E-state index in [4.69, 9.17) is 20.4 Å². The van der Waals surface area contributed by atoms with Crippen molar-refractivity contribution in [1.82, 2.24) is 0 Å². The molecular weight excluding hydrogens is 152 g/mol. The van der Waals surface area contributed by atoms with Crippen molar-refractivity contribution in [2.45, 2.75) is 37.6 Å². The first-order chi connectivity index (χ1) is 5.04. The van der Waals surface area contributed by atoms with Crippen LogP contribution in [0.3, 0.4) is 0 Å². The Morgan fingerprint density at radius 1 is 0.909 bits per heavy atom. The summed E-state index contributed by atoms with van der Waals surface area (Å²) in [4.78, 5) is 0. The van der Waals surface area contributed by atoms with E-state index >= 15 is 0 Å². The summed E-state index contributed by atoms with van der Waals surface area (Å²) in [5.41, 5.74) is 0. The van der Waals surface area contributed by atoms with Crippen molar-refractivity contribution in [3.63, 3.8) is 0 Å². The van der Waals surface area contributed by atoms with Crippen LogP contribution in [0.2, 0.25) is 0 Å². The minimum atomic E-state index is -1.43. The zero-order chi connectivity index (χ0) is 8.59. The van der Waals surface area contributed by atoms with E-state index in [1.54, 1.807) is 0 Å². The van der Waals surface area contributed by atoms with E-state index < -0.39 is 30.7 Å². The van der Waals surface area contributed by atoms with Gasteiger partial charge in [-0.15, -0.1) is 0 Å². The number of hydrogen-bond acceptors (Lipinski definition) is 5. The maximum Gasteiger partial charge on any atom is 0.183 e. The number of aliphatic hydroxyl groups is 4. The first-order valence-electron chi connectivity index (χ1n) is 3.41. The highest BCUT2D eigenvalue weighted by atomic mass is 16.6. The van der Waals surface area contributed by atoms with Gasteiger partial charge >= 0.3 is 0 Å². The second kappa shape index (κ2) is 3.04. The van der Waals surface area contributed by atoms with Gasteiger partial charge in [0, 0.05) is 0 Å². The largest absolute Gasteiger partial charge is 0.388 e. The summed E-state index contributed by atoms with van der Waals surface area (Å²) in [6, 6.07) is 0. The molecule has 0 bridgehead atoms. The van der Waals surface area contributed by atoms with Crippen LogP contribution in [0.5, 0.6) is 0 Å². The Balaban J connectivity index is 2.63. The molecule has 5 atom stereocenters. The molecule has 0 aromatic carbocycles. The molecule has 0 amide bonds. The third-order valence-electron chi connectivity index (χ3n) is 1.83. The van der Waals surface area contributed by atoms with Crippen molar-refractivity contribution in [2.24, 2.45) is 0 Å². The Hall–Kier alpha value is -0.200. The van der Waals surface area contributed by atoms with Gasteiger partial charge in [-0.1, -0.05) is 0 Å². The fourth-order valence-corrected chi connectivity index (χ4v) is 1.03. The van der Waals surface area contributed by atoms with Crippen LogP contribution in [0.1, 0.15) is 6.92 Å². The van der Waals surface area contributed by atoms with Gasteiger partial charge in [0.15, 0.2) is 6.29 Å². The minimum Gasteiger partial charge on any atom is -0.388 e. The highest BCUT2D eigenvalue weighted by Gasteiger charge is 2.40. The Bertz CT molecular complexity index is 125. The summed E-state index contributed by atoms with van der Waals surface area (Å²) in [6.07, 6.45) is -5.99. The van der Waals surface area contributed by atoms with E-state index in [1.165, 1.54) is 6.92 Å². The van der Waals surface area contributed by atoms with Gasteiger partial charge in [0.25, 0.3) is 0 Å². The van der Waals surface area contributed by atoms with E-state index in [-0.39, 0.29) is 0 Å². The third-order valence-corrected chi connectivity index (χ3v) is 1.83. The second-order valence-corrected chi connectivity index (χ2v) is 2.70. The first kappa shape index (κ1) is 8.89. The van der Waals surface area contributed by atoms with Gasteiger partial charge in [-0.25, -0.2) is 0 Å². The lowest BCUT2D eigenvalue weighted by Gasteiger charge is -2.36. The summed E-state index contributed by atoms with van der Waals surface area (Å²) < 4.78 is 4.68. The molecule has 1 aliphatic heterocycles. The number of hydrogen-bond donors (Lipinski definition) is 4. The third kappa shape index (κ3) is 1.52. The van der Waals surface area contributed by atoms with Gasteiger partial charge in [-0.3, -0.25) is 0 Å². The molecule has 66 valence electrons. The topological polar surface area (TPSA) is 90.2 Å². The average Bonchev–Trinajstić information content (AvgIpc) is 1.97. The standard InChI is InChI=1S/C6H12O5/c1-2-3(7)4(8)5(9)6(10)11-2/h2-10H,1H3/t2?,3-,4?,5+,6-/m0/s1. The van der Waals surface area contributed by atoms with Crippen molar-refractivity contribution in [3.8, 4) is 0 Å². The first-order valence-corrected chi connectivity index (χ1v) is 3.41. The Labute approximate surface area is 63.8 Å². The smallest absolute Gasteiger partial charge is 0.183 e. The van der Waals surface area contributed by atoms with Crippen LogP contribution >= 0.6 is 0 Å². The molecule has 1 heterocycles. The van der Waals surface area contributed by atoms with Crippen LogP contribution in [-0.2, 0) is 4.74 Å². The summed E-state index contributed by atoms with van der Waals surface area (Å²) >= 11 is 0. The Kier molecular flexibility index (Phi) is 2.46. The normalized spacial score (nSPS) is 52.6. The van der Waals surface area contributed by atoms with Crippen LogP contribution in [0, 0.1) is 0 Å². The lowest BCUT2D eigenvalue weighted by Crippen LogP contribution is -2.56. The zero-order valence-electron chi connectivity index (χ0n) is 6.08. The van der Waals surface area contributed by atoms with Gasteiger partial charge in [-0.2, -0.15) is 0 Å². The van der Waals surface area contributed by atoms with E-state index in [2.05, 4.69) is 4.74 Å². The maximum absolute atomic E-state index is 9.09. The SMILES string of the molecule is CC1O[C@H](O)[C@H](O)C(O)[C@H]1O. The molecule has 0 saturated carbocycles. The highest BCUT2D eigenvalue weighted by Crippen LogP contribution is 2.18. The minimum absolute atomic E-state index is 0.664. The molecule has 1 saturated heterocycles. The van der Waals surface area contributed by atoms with Gasteiger partial charge in [-0.05, 0) is 6.92 Å². The number of ether oxygens (including phenoxy) is 1. The molecular formula is C6H12O5. The van der Waals surface area contributed by atoms with Crippen LogP contribution in [-0.4, -0.2) is 51.1 Å². The second-order valence-electron chi connectivity index (χ2n) is 2.70. The van der Waals surface area contributed by atoms with Crippen molar-refractivity contribution in [3.05, 3.63) is 0 Å². The Morgan fingerprint density at radius 2 is 1.45 bits per heavy atom. The molecule has 0 aliphatic carbocycles. The quantitative estimate of drug-likeness (QED) is 0.326. The molecule has 0 aromatic heterocycles. The molecule has 0 aromatic rings. The van der Waals surface area contributed by atoms with Crippen LogP contribution in [0.25, 0.3) is 0 Å². The maximum atomic E-state index is 9.09. The molecule has 0 spiro atoms. The molecule has 11 heavy (non-hydrogen) atoms. The van der Waals surface area contributed by atoms with Crippen molar-refractivity contribution < 1.29 is 25.2 Å². The molecule has 4 N–H and O–H groups in total. The summed E-state index contributed by atoms with van der Waals surface area (Å²) in [7, 11) is 0. The summed E-state index contributed by atoms with van der Waals surface area (Å²) in [5.74, 6) is 0. The predicted octanol–water partition coefficient (Wildman–Crippen LogP) is -2.19. The fraction of sp³-hybridized carbons (Fsp3) is 1.00. The zero-order valence-corrected chi connectivity index (χ0v) is 6.08. The molecule has 5 heteroatoms. The average molecular weight is 164 g/mol. The van der Waals surface area contributed by atoms with Gasteiger partial charge in [0.1, 0.15) is 18.3 Å².